The lowest BCUT2D eigenvalue weighted by atomic mass is 10.0. The van der Waals surface area contributed by atoms with Crippen LogP contribution in [0.4, 0.5) is 4.39 Å². The van der Waals surface area contributed by atoms with Gasteiger partial charge in [0.15, 0.2) is 0 Å². The highest BCUT2D eigenvalue weighted by Crippen LogP contribution is 2.25. The molecule has 1 atom stereocenters. The van der Waals surface area contributed by atoms with Crippen LogP contribution in [0.3, 0.4) is 0 Å². The number of hydrogen-bond donors (Lipinski definition) is 1. The standard InChI is InChI=1S/C19H20FN3O2/c1-2-22-18(24)15-7-9-23(12-15)19(25)14-5-3-4-13(10-14)16-6-8-21-11-17(16)20/h3-6,8,10-11,15H,2,7,9,12H2,1H3,(H,22,24). The van der Waals surface area contributed by atoms with Crippen molar-refractivity contribution in [2.45, 2.75) is 13.3 Å². The SMILES string of the molecule is CCNC(=O)C1CCN(C(=O)c2cccc(-c3ccncc3F)c2)C1. The summed E-state index contributed by atoms with van der Waals surface area (Å²) in [4.78, 5) is 30.1. The maximum absolute atomic E-state index is 13.9. The second-order valence-electron chi connectivity index (χ2n) is 6.07. The largest absolute Gasteiger partial charge is 0.356 e. The summed E-state index contributed by atoms with van der Waals surface area (Å²) in [6.07, 6.45) is 3.34. The van der Waals surface area contributed by atoms with E-state index in [2.05, 4.69) is 10.3 Å². The van der Waals surface area contributed by atoms with E-state index in [4.69, 9.17) is 0 Å². The number of pyridine rings is 1. The van der Waals surface area contributed by atoms with Crippen molar-refractivity contribution in [3.63, 3.8) is 0 Å². The first-order valence-electron chi connectivity index (χ1n) is 8.37. The van der Waals surface area contributed by atoms with Gasteiger partial charge in [-0.2, -0.15) is 0 Å². The van der Waals surface area contributed by atoms with E-state index in [-0.39, 0.29) is 17.7 Å². The summed E-state index contributed by atoms with van der Waals surface area (Å²) in [6.45, 7) is 3.43. The van der Waals surface area contributed by atoms with Gasteiger partial charge in [0.2, 0.25) is 5.91 Å². The molecule has 1 aromatic heterocycles. The van der Waals surface area contributed by atoms with Crippen molar-refractivity contribution in [3.8, 4) is 11.1 Å². The maximum Gasteiger partial charge on any atom is 0.253 e. The Hall–Kier alpha value is -2.76. The number of hydrogen-bond acceptors (Lipinski definition) is 3. The van der Waals surface area contributed by atoms with Gasteiger partial charge in [0, 0.05) is 37.0 Å². The Morgan fingerprint density at radius 3 is 2.96 bits per heavy atom. The van der Waals surface area contributed by atoms with Gasteiger partial charge in [0.05, 0.1) is 12.1 Å². The molecule has 2 aromatic rings. The lowest BCUT2D eigenvalue weighted by Crippen LogP contribution is -2.34. The Morgan fingerprint density at radius 2 is 2.20 bits per heavy atom. The Kier molecular flexibility index (Phi) is 5.07. The molecule has 1 fully saturated rings. The lowest BCUT2D eigenvalue weighted by molar-refractivity contribution is -0.124. The van der Waals surface area contributed by atoms with Crippen LogP contribution in [-0.2, 0) is 4.79 Å². The van der Waals surface area contributed by atoms with Crippen LogP contribution in [0.25, 0.3) is 11.1 Å². The molecule has 1 saturated heterocycles. The zero-order chi connectivity index (χ0) is 17.8. The average Bonchev–Trinajstić information content (AvgIpc) is 3.12. The van der Waals surface area contributed by atoms with Gasteiger partial charge in [-0.3, -0.25) is 14.6 Å². The van der Waals surface area contributed by atoms with Crippen molar-refractivity contribution in [1.29, 1.82) is 0 Å². The first-order chi connectivity index (χ1) is 12.1. The van der Waals surface area contributed by atoms with E-state index in [0.717, 1.165) is 6.20 Å². The number of carbonyl (C=O) groups excluding carboxylic acids is 2. The van der Waals surface area contributed by atoms with Gasteiger partial charge < -0.3 is 10.2 Å². The number of rotatable bonds is 4. The summed E-state index contributed by atoms with van der Waals surface area (Å²) in [5.74, 6) is -0.734. The fraction of sp³-hybridized carbons (Fsp3) is 0.316. The molecule has 1 aliphatic rings. The third-order valence-corrected chi connectivity index (χ3v) is 4.39. The molecule has 5 nitrogen and oxygen atoms in total. The topological polar surface area (TPSA) is 62.3 Å². The third-order valence-electron chi connectivity index (χ3n) is 4.39. The number of carbonyl (C=O) groups is 2. The van der Waals surface area contributed by atoms with Crippen molar-refractivity contribution in [1.82, 2.24) is 15.2 Å². The normalized spacial score (nSPS) is 16.7. The first-order valence-corrected chi connectivity index (χ1v) is 8.37. The zero-order valence-corrected chi connectivity index (χ0v) is 14.0. The molecule has 0 bridgehead atoms. The molecule has 0 aliphatic carbocycles. The van der Waals surface area contributed by atoms with E-state index in [1.807, 2.05) is 6.92 Å². The van der Waals surface area contributed by atoms with Gasteiger partial charge in [-0.05, 0) is 37.1 Å². The number of nitrogens with one attached hydrogen (secondary N) is 1. The summed E-state index contributed by atoms with van der Waals surface area (Å²) >= 11 is 0. The van der Waals surface area contributed by atoms with Crippen LogP contribution >= 0.6 is 0 Å². The van der Waals surface area contributed by atoms with E-state index < -0.39 is 5.82 Å². The van der Waals surface area contributed by atoms with Crippen LogP contribution in [0, 0.1) is 11.7 Å². The molecule has 0 radical (unpaired) electrons. The van der Waals surface area contributed by atoms with Crippen molar-refractivity contribution in [2.24, 2.45) is 5.92 Å². The fourth-order valence-corrected chi connectivity index (χ4v) is 3.09. The number of likely N-dealkylation sites (tertiary alicyclic amines) is 1. The van der Waals surface area contributed by atoms with E-state index in [1.54, 1.807) is 35.2 Å². The van der Waals surface area contributed by atoms with Crippen LogP contribution in [0.2, 0.25) is 0 Å². The number of nitrogens with zero attached hydrogens (tertiary/aromatic N) is 2. The monoisotopic (exact) mass is 341 g/mol. The molecule has 2 amide bonds. The van der Waals surface area contributed by atoms with E-state index in [9.17, 15) is 14.0 Å². The molecule has 3 rings (SSSR count). The zero-order valence-electron chi connectivity index (χ0n) is 14.0. The minimum Gasteiger partial charge on any atom is -0.356 e. The van der Waals surface area contributed by atoms with Gasteiger partial charge in [0.1, 0.15) is 5.82 Å². The Balaban J connectivity index is 1.77. The molecule has 0 spiro atoms. The molecule has 0 saturated carbocycles. The average molecular weight is 341 g/mol. The molecular weight excluding hydrogens is 321 g/mol. The molecule has 130 valence electrons. The fourth-order valence-electron chi connectivity index (χ4n) is 3.09. The molecule has 1 unspecified atom stereocenters. The van der Waals surface area contributed by atoms with Gasteiger partial charge in [0.25, 0.3) is 5.91 Å². The molecular formula is C19H20FN3O2. The van der Waals surface area contributed by atoms with Crippen LogP contribution < -0.4 is 5.32 Å². The minimum atomic E-state index is -0.426. The van der Waals surface area contributed by atoms with E-state index in [0.29, 0.717) is 42.7 Å². The summed E-state index contributed by atoms with van der Waals surface area (Å²) in [6, 6.07) is 8.47. The van der Waals surface area contributed by atoms with E-state index in [1.165, 1.54) is 6.20 Å². The predicted molar refractivity (Wildman–Crippen MR) is 92.3 cm³/mol. The number of halogens is 1. The summed E-state index contributed by atoms with van der Waals surface area (Å²) in [5, 5.41) is 2.80. The van der Waals surface area contributed by atoms with Crippen molar-refractivity contribution >= 4 is 11.8 Å². The highest BCUT2D eigenvalue weighted by atomic mass is 19.1. The second-order valence-corrected chi connectivity index (χ2v) is 6.07. The minimum absolute atomic E-state index is 0.00888. The Bertz CT molecular complexity index is 794. The molecule has 2 heterocycles. The molecule has 25 heavy (non-hydrogen) atoms. The summed E-state index contributed by atoms with van der Waals surface area (Å²) in [5.41, 5.74) is 1.53. The van der Waals surface area contributed by atoms with Crippen LogP contribution in [0.5, 0.6) is 0 Å². The highest BCUT2D eigenvalue weighted by Gasteiger charge is 2.31. The van der Waals surface area contributed by atoms with Gasteiger partial charge in [-0.1, -0.05) is 12.1 Å². The molecule has 1 N–H and O–H groups in total. The molecule has 6 heteroatoms. The second kappa shape index (κ2) is 7.42. The maximum atomic E-state index is 13.9. The lowest BCUT2D eigenvalue weighted by Gasteiger charge is -2.17. The molecule has 1 aromatic carbocycles. The number of amides is 2. The van der Waals surface area contributed by atoms with Gasteiger partial charge in [-0.15, -0.1) is 0 Å². The number of benzene rings is 1. The van der Waals surface area contributed by atoms with Gasteiger partial charge >= 0.3 is 0 Å². The first kappa shape index (κ1) is 17.1. The van der Waals surface area contributed by atoms with Crippen LogP contribution in [0.15, 0.2) is 42.7 Å². The Labute approximate surface area is 145 Å². The summed E-state index contributed by atoms with van der Waals surface area (Å²) in [7, 11) is 0. The highest BCUT2D eigenvalue weighted by molar-refractivity contribution is 5.96. The van der Waals surface area contributed by atoms with Crippen molar-refractivity contribution in [3.05, 3.63) is 54.1 Å². The summed E-state index contributed by atoms with van der Waals surface area (Å²) < 4.78 is 13.9. The van der Waals surface area contributed by atoms with Crippen LogP contribution in [0.1, 0.15) is 23.7 Å². The van der Waals surface area contributed by atoms with Crippen molar-refractivity contribution < 1.29 is 14.0 Å². The van der Waals surface area contributed by atoms with Crippen molar-refractivity contribution in [2.75, 3.05) is 19.6 Å². The van der Waals surface area contributed by atoms with E-state index >= 15 is 0 Å². The molecule has 1 aliphatic heterocycles. The smallest absolute Gasteiger partial charge is 0.253 e. The Morgan fingerprint density at radius 1 is 1.36 bits per heavy atom. The van der Waals surface area contributed by atoms with Gasteiger partial charge in [-0.25, -0.2) is 4.39 Å². The predicted octanol–water partition coefficient (Wildman–Crippen LogP) is 2.49. The van der Waals surface area contributed by atoms with Crippen LogP contribution in [-0.4, -0.2) is 41.3 Å². The number of aromatic nitrogens is 1. The quantitative estimate of drug-likeness (QED) is 0.929. The third kappa shape index (κ3) is 3.68.